The lowest BCUT2D eigenvalue weighted by molar-refractivity contribution is -0.133. The molecule has 2 aromatic rings. The number of hydroxylamine groups is 1. The smallest absolute Gasteiger partial charge is 0.243 e. The molecule has 33 heavy (non-hydrogen) atoms. The maximum Gasteiger partial charge on any atom is 0.243 e. The molecule has 1 aromatic heterocycles. The molecule has 0 radical (unpaired) electrons. The van der Waals surface area contributed by atoms with Gasteiger partial charge in [0.1, 0.15) is 6.04 Å². The van der Waals surface area contributed by atoms with Gasteiger partial charge in [0.2, 0.25) is 17.7 Å². The molecule has 0 bridgehead atoms. The Morgan fingerprint density at radius 2 is 1.73 bits per heavy atom. The van der Waals surface area contributed by atoms with Crippen molar-refractivity contribution in [2.45, 2.75) is 83.7 Å². The van der Waals surface area contributed by atoms with Gasteiger partial charge in [-0.3, -0.25) is 19.6 Å². The number of hydrogen-bond donors (Lipinski definition) is 5. The summed E-state index contributed by atoms with van der Waals surface area (Å²) in [6.45, 7) is 4.30. The number of para-hydroxylation sites is 1. The fraction of sp³-hybridized carbons (Fsp3) is 0.560. The van der Waals surface area contributed by atoms with E-state index in [2.05, 4.69) is 29.5 Å². The lowest BCUT2D eigenvalue weighted by Gasteiger charge is -2.26. The molecule has 1 fully saturated rings. The van der Waals surface area contributed by atoms with Gasteiger partial charge in [-0.05, 0) is 36.8 Å². The van der Waals surface area contributed by atoms with E-state index in [1.54, 1.807) is 0 Å². The Kier molecular flexibility index (Phi) is 8.88. The van der Waals surface area contributed by atoms with E-state index in [1.807, 2.05) is 24.3 Å². The van der Waals surface area contributed by atoms with E-state index in [9.17, 15) is 14.4 Å². The highest BCUT2D eigenvalue weighted by Gasteiger charge is 2.27. The number of benzene rings is 1. The average Bonchev–Trinajstić information content (AvgIpc) is 3.13. The minimum atomic E-state index is -0.748. The Morgan fingerprint density at radius 1 is 1.03 bits per heavy atom. The van der Waals surface area contributed by atoms with Gasteiger partial charge >= 0.3 is 0 Å². The van der Waals surface area contributed by atoms with Crippen LogP contribution in [0.5, 0.6) is 0 Å². The number of carbonyl (C=O) groups excluding carboxylic acids is 3. The van der Waals surface area contributed by atoms with Crippen molar-refractivity contribution in [3.05, 3.63) is 35.5 Å². The van der Waals surface area contributed by atoms with E-state index in [0.717, 1.165) is 54.3 Å². The van der Waals surface area contributed by atoms with Gasteiger partial charge in [0, 0.05) is 41.9 Å². The lowest BCUT2D eigenvalue weighted by Crippen LogP contribution is -2.51. The molecule has 3 rings (SSSR count). The first-order valence-corrected chi connectivity index (χ1v) is 12.0. The molecule has 1 aliphatic rings. The monoisotopic (exact) mass is 456 g/mol. The van der Waals surface area contributed by atoms with E-state index in [1.165, 1.54) is 11.9 Å². The molecule has 0 aliphatic heterocycles. The molecule has 5 N–H and O–H groups in total. The van der Waals surface area contributed by atoms with Crippen molar-refractivity contribution >= 4 is 28.6 Å². The molecule has 0 saturated heterocycles. The molecular weight excluding hydrogens is 420 g/mol. The van der Waals surface area contributed by atoms with E-state index < -0.39 is 17.9 Å². The van der Waals surface area contributed by atoms with E-state index in [-0.39, 0.29) is 24.8 Å². The molecular formula is C25H36N4O4. The predicted octanol–water partition coefficient (Wildman–Crippen LogP) is 3.13. The maximum absolute atomic E-state index is 13.3. The number of fused-ring (bicyclic) bond motifs is 1. The molecule has 1 saturated carbocycles. The zero-order valence-corrected chi connectivity index (χ0v) is 19.6. The summed E-state index contributed by atoms with van der Waals surface area (Å²) < 4.78 is 0. The van der Waals surface area contributed by atoms with Crippen LogP contribution >= 0.6 is 0 Å². The third-order valence-corrected chi connectivity index (χ3v) is 6.23. The SMILES string of the molecule is CC(C)Cc1[nH]c2ccccc2c1C[C@H](NC(=O)CCC(=O)NO)C(=O)NC1CCCCC1. The van der Waals surface area contributed by atoms with Crippen LogP contribution in [0.2, 0.25) is 0 Å². The molecule has 180 valence electrons. The van der Waals surface area contributed by atoms with Crippen molar-refractivity contribution in [2.75, 3.05) is 0 Å². The highest BCUT2D eigenvalue weighted by molar-refractivity contribution is 5.91. The van der Waals surface area contributed by atoms with Crippen molar-refractivity contribution in [2.24, 2.45) is 5.92 Å². The maximum atomic E-state index is 13.3. The van der Waals surface area contributed by atoms with Crippen molar-refractivity contribution in [1.29, 1.82) is 0 Å². The summed E-state index contributed by atoms with van der Waals surface area (Å²) in [6, 6.07) is 7.39. The van der Waals surface area contributed by atoms with E-state index >= 15 is 0 Å². The van der Waals surface area contributed by atoms with Gasteiger partial charge in [-0.25, -0.2) is 5.48 Å². The van der Waals surface area contributed by atoms with Crippen LogP contribution in [0.25, 0.3) is 10.9 Å². The van der Waals surface area contributed by atoms with Crippen molar-refractivity contribution in [3.63, 3.8) is 0 Å². The number of H-pyrrole nitrogens is 1. The molecule has 1 heterocycles. The lowest BCUT2D eigenvalue weighted by atomic mass is 9.94. The van der Waals surface area contributed by atoms with Crippen molar-refractivity contribution in [1.82, 2.24) is 21.1 Å². The minimum Gasteiger partial charge on any atom is -0.358 e. The number of aromatic nitrogens is 1. The Balaban J connectivity index is 1.83. The highest BCUT2D eigenvalue weighted by atomic mass is 16.5. The molecule has 1 atom stereocenters. The molecule has 8 heteroatoms. The van der Waals surface area contributed by atoms with Gasteiger partial charge in [-0.2, -0.15) is 0 Å². The number of aromatic amines is 1. The van der Waals surface area contributed by atoms with Gasteiger partial charge < -0.3 is 15.6 Å². The first-order chi connectivity index (χ1) is 15.9. The topological polar surface area (TPSA) is 123 Å². The zero-order chi connectivity index (χ0) is 23.8. The van der Waals surface area contributed by atoms with Gasteiger partial charge in [0.05, 0.1) is 0 Å². The number of nitrogens with one attached hydrogen (secondary N) is 4. The summed E-state index contributed by atoms with van der Waals surface area (Å²) >= 11 is 0. The second-order valence-electron chi connectivity index (χ2n) is 9.43. The van der Waals surface area contributed by atoms with Gasteiger partial charge in [-0.15, -0.1) is 0 Å². The first kappa shape index (κ1) is 24.8. The largest absolute Gasteiger partial charge is 0.358 e. The molecule has 0 spiro atoms. The van der Waals surface area contributed by atoms with Gasteiger partial charge in [0.25, 0.3) is 0 Å². The molecule has 1 aliphatic carbocycles. The standard InChI is InChI=1S/C25H36N4O4/c1-16(2)14-21-19(18-10-6-7-11-20(18)27-21)15-22(28-23(30)12-13-24(31)29-33)25(32)26-17-8-4-3-5-9-17/h6-7,10-11,16-17,22,27,33H,3-5,8-9,12-15H2,1-2H3,(H,26,32)(H,28,30)(H,29,31)/t22-/m0/s1. The summed E-state index contributed by atoms with van der Waals surface area (Å²) in [5.74, 6) is -0.794. The minimum absolute atomic E-state index is 0.105. The van der Waals surface area contributed by atoms with E-state index in [0.29, 0.717) is 12.3 Å². The molecule has 3 amide bonds. The van der Waals surface area contributed by atoms with Crippen LogP contribution < -0.4 is 16.1 Å². The van der Waals surface area contributed by atoms with Crippen LogP contribution in [0.1, 0.15) is 70.1 Å². The number of amides is 3. The van der Waals surface area contributed by atoms with Crippen molar-refractivity contribution < 1.29 is 19.6 Å². The quantitative estimate of drug-likeness (QED) is 0.278. The summed E-state index contributed by atoms with van der Waals surface area (Å²) in [7, 11) is 0. The Bertz CT molecular complexity index is 962. The number of hydrogen-bond acceptors (Lipinski definition) is 4. The second kappa shape index (κ2) is 11.8. The van der Waals surface area contributed by atoms with Crippen LogP contribution in [-0.4, -0.2) is 40.0 Å². The van der Waals surface area contributed by atoms with Crippen LogP contribution in [0.15, 0.2) is 24.3 Å². The fourth-order valence-corrected chi connectivity index (χ4v) is 4.58. The summed E-state index contributed by atoms with van der Waals surface area (Å²) in [6.07, 6.45) is 6.24. The first-order valence-electron chi connectivity index (χ1n) is 12.0. The number of carbonyl (C=O) groups is 3. The Labute approximate surface area is 194 Å². The summed E-state index contributed by atoms with van der Waals surface area (Å²) in [4.78, 5) is 40.7. The van der Waals surface area contributed by atoms with Crippen LogP contribution in [0, 0.1) is 5.92 Å². The van der Waals surface area contributed by atoms with Crippen LogP contribution in [-0.2, 0) is 27.2 Å². The fourth-order valence-electron chi connectivity index (χ4n) is 4.58. The van der Waals surface area contributed by atoms with Crippen molar-refractivity contribution in [3.8, 4) is 0 Å². The predicted molar refractivity (Wildman–Crippen MR) is 127 cm³/mol. The van der Waals surface area contributed by atoms with E-state index in [4.69, 9.17) is 5.21 Å². The Morgan fingerprint density at radius 3 is 2.42 bits per heavy atom. The molecule has 1 aromatic carbocycles. The van der Waals surface area contributed by atoms with Gasteiger partial charge in [0.15, 0.2) is 0 Å². The second-order valence-corrected chi connectivity index (χ2v) is 9.43. The summed E-state index contributed by atoms with van der Waals surface area (Å²) in [5.41, 5.74) is 4.66. The van der Waals surface area contributed by atoms with Gasteiger partial charge in [-0.1, -0.05) is 51.3 Å². The molecule has 8 nitrogen and oxygen atoms in total. The Hall–Kier alpha value is -2.87. The zero-order valence-electron chi connectivity index (χ0n) is 19.6. The third kappa shape index (κ3) is 7.05. The molecule has 0 unspecified atom stereocenters. The average molecular weight is 457 g/mol. The van der Waals surface area contributed by atoms with Crippen LogP contribution in [0.3, 0.4) is 0 Å². The normalized spacial score (nSPS) is 15.4. The van der Waals surface area contributed by atoms with Crippen LogP contribution in [0.4, 0.5) is 0 Å². The highest BCUT2D eigenvalue weighted by Crippen LogP contribution is 2.26. The summed E-state index contributed by atoms with van der Waals surface area (Å²) in [5, 5.41) is 15.7. The number of rotatable bonds is 10. The third-order valence-electron chi connectivity index (χ3n) is 6.23.